The lowest BCUT2D eigenvalue weighted by atomic mass is 10.2. The summed E-state index contributed by atoms with van der Waals surface area (Å²) in [5.74, 6) is 0. The van der Waals surface area contributed by atoms with Crippen LogP contribution in [0.5, 0.6) is 0 Å². The summed E-state index contributed by atoms with van der Waals surface area (Å²) >= 11 is 1.72. The molecular formula is C15H22N2O2S. The molecule has 0 bridgehead atoms. The highest BCUT2D eigenvalue weighted by atomic mass is 32.1. The molecule has 5 heteroatoms. The van der Waals surface area contributed by atoms with Gasteiger partial charge >= 0.3 is 0 Å². The summed E-state index contributed by atoms with van der Waals surface area (Å²) in [7, 11) is 1.69. The van der Waals surface area contributed by atoms with Gasteiger partial charge in [-0.15, -0.1) is 0 Å². The minimum atomic E-state index is 0.670. The number of unbranched alkanes of at least 4 members (excludes halogenated alkanes) is 1. The molecule has 1 aromatic heterocycles. The second kappa shape index (κ2) is 8.19. The van der Waals surface area contributed by atoms with Crippen molar-refractivity contribution in [2.45, 2.75) is 19.8 Å². The number of aromatic nitrogens is 1. The van der Waals surface area contributed by atoms with Crippen molar-refractivity contribution in [3.05, 3.63) is 23.8 Å². The normalized spacial score (nSPS) is 11.1. The third kappa shape index (κ3) is 4.74. The van der Waals surface area contributed by atoms with Crippen molar-refractivity contribution in [2.75, 3.05) is 38.8 Å². The molecule has 0 aliphatic carbocycles. The molecule has 110 valence electrons. The number of thiazole rings is 1. The number of hydrogen-bond donors (Lipinski definition) is 1. The van der Waals surface area contributed by atoms with Crippen LogP contribution in [0, 0.1) is 6.92 Å². The second-order valence-corrected chi connectivity index (χ2v) is 5.76. The maximum atomic E-state index is 5.42. The zero-order chi connectivity index (χ0) is 14.2. The van der Waals surface area contributed by atoms with Gasteiger partial charge in [0.05, 0.1) is 23.4 Å². The van der Waals surface area contributed by atoms with Crippen molar-refractivity contribution in [3.63, 3.8) is 0 Å². The maximum Gasteiger partial charge on any atom is 0.183 e. The van der Waals surface area contributed by atoms with Gasteiger partial charge in [0.2, 0.25) is 0 Å². The van der Waals surface area contributed by atoms with Gasteiger partial charge in [-0.25, -0.2) is 4.98 Å². The molecule has 0 saturated heterocycles. The predicted octanol–water partition coefficient (Wildman–Crippen LogP) is 3.46. The molecule has 2 aromatic rings. The van der Waals surface area contributed by atoms with Crippen LogP contribution >= 0.6 is 11.3 Å². The topological polar surface area (TPSA) is 43.4 Å². The Labute approximate surface area is 124 Å². The molecule has 0 aliphatic rings. The Morgan fingerprint density at radius 2 is 2.10 bits per heavy atom. The van der Waals surface area contributed by atoms with Crippen LogP contribution in [0.4, 0.5) is 5.13 Å². The minimum absolute atomic E-state index is 0.670. The third-order valence-corrected chi connectivity index (χ3v) is 3.94. The number of rotatable bonds is 9. The average molecular weight is 294 g/mol. The van der Waals surface area contributed by atoms with E-state index in [2.05, 4.69) is 35.4 Å². The molecule has 0 atom stereocenters. The smallest absolute Gasteiger partial charge is 0.183 e. The van der Waals surface area contributed by atoms with Gasteiger partial charge in [-0.2, -0.15) is 0 Å². The van der Waals surface area contributed by atoms with Crippen LogP contribution in [0.25, 0.3) is 10.2 Å². The van der Waals surface area contributed by atoms with Gasteiger partial charge < -0.3 is 14.8 Å². The maximum absolute atomic E-state index is 5.42. The van der Waals surface area contributed by atoms with Crippen LogP contribution in [-0.2, 0) is 9.47 Å². The third-order valence-electron chi connectivity index (χ3n) is 2.97. The predicted molar refractivity (Wildman–Crippen MR) is 84.8 cm³/mol. The molecule has 4 nitrogen and oxygen atoms in total. The van der Waals surface area contributed by atoms with E-state index in [4.69, 9.17) is 9.47 Å². The van der Waals surface area contributed by atoms with Gasteiger partial charge in [0, 0.05) is 20.3 Å². The SMILES string of the molecule is COCCOCCCCNc1nc2ccc(C)cc2s1. The molecule has 0 spiro atoms. The van der Waals surface area contributed by atoms with Crippen molar-refractivity contribution in [1.29, 1.82) is 0 Å². The fourth-order valence-corrected chi connectivity index (χ4v) is 2.87. The summed E-state index contributed by atoms with van der Waals surface area (Å²) in [6.07, 6.45) is 2.14. The highest BCUT2D eigenvalue weighted by Gasteiger charge is 2.02. The van der Waals surface area contributed by atoms with Gasteiger partial charge in [-0.1, -0.05) is 17.4 Å². The Balaban J connectivity index is 1.65. The zero-order valence-corrected chi connectivity index (χ0v) is 13.0. The standard InChI is InChI=1S/C15H22N2O2S/c1-12-5-6-13-14(11-12)20-15(17-13)16-7-3-4-8-19-10-9-18-2/h5-6,11H,3-4,7-10H2,1-2H3,(H,16,17). The average Bonchev–Trinajstić information content (AvgIpc) is 2.83. The number of ether oxygens (including phenoxy) is 2. The van der Waals surface area contributed by atoms with E-state index in [0.29, 0.717) is 13.2 Å². The van der Waals surface area contributed by atoms with Crippen LogP contribution in [0.2, 0.25) is 0 Å². The largest absolute Gasteiger partial charge is 0.382 e. The summed E-state index contributed by atoms with van der Waals surface area (Å²) in [5.41, 5.74) is 2.35. The number of fused-ring (bicyclic) bond motifs is 1. The number of aryl methyl sites for hydroxylation is 1. The lowest BCUT2D eigenvalue weighted by molar-refractivity contribution is 0.0691. The highest BCUT2D eigenvalue weighted by Crippen LogP contribution is 2.26. The van der Waals surface area contributed by atoms with E-state index in [0.717, 1.165) is 36.6 Å². The van der Waals surface area contributed by atoms with Crippen molar-refractivity contribution >= 4 is 26.7 Å². The van der Waals surface area contributed by atoms with E-state index < -0.39 is 0 Å². The Hall–Kier alpha value is -1.17. The van der Waals surface area contributed by atoms with Gasteiger partial charge in [-0.3, -0.25) is 0 Å². The summed E-state index contributed by atoms with van der Waals surface area (Å²) in [6, 6.07) is 6.36. The van der Waals surface area contributed by atoms with Crippen LogP contribution in [-0.4, -0.2) is 38.5 Å². The molecule has 2 rings (SSSR count). The molecule has 0 amide bonds. The van der Waals surface area contributed by atoms with Gasteiger partial charge in [0.15, 0.2) is 5.13 Å². The number of nitrogens with one attached hydrogen (secondary N) is 1. The quantitative estimate of drug-likeness (QED) is 0.719. The minimum Gasteiger partial charge on any atom is -0.382 e. The van der Waals surface area contributed by atoms with Crippen molar-refractivity contribution in [3.8, 4) is 0 Å². The van der Waals surface area contributed by atoms with E-state index >= 15 is 0 Å². The van der Waals surface area contributed by atoms with E-state index in [1.165, 1.54) is 10.3 Å². The number of hydrogen-bond acceptors (Lipinski definition) is 5. The molecular weight excluding hydrogens is 272 g/mol. The Bertz CT molecular complexity index is 528. The lowest BCUT2D eigenvalue weighted by Gasteiger charge is -2.04. The molecule has 1 heterocycles. The van der Waals surface area contributed by atoms with Crippen molar-refractivity contribution in [2.24, 2.45) is 0 Å². The molecule has 0 unspecified atom stereocenters. The van der Waals surface area contributed by atoms with Gasteiger partial charge in [-0.05, 0) is 37.5 Å². The first-order valence-corrected chi connectivity index (χ1v) is 7.79. The van der Waals surface area contributed by atoms with Crippen LogP contribution in [0.3, 0.4) is 0 Å². The fourth-order valence-electron chi connectivity index (χ4n) is 1.88. The molecule has 0 fully saturated rings. The summed E-state index contributed by atoms with van der Waals surface area (Å²) < 4.78 is 11.6. The van der Waals surface area contributed by atoms with Crippen molar-refractivity contribution in [1.82, 2.24) is 4.98 Å². The van der Waals surface area contributed by atoms with Gasteiger partial charge in [0.1, 0.15) is 0 Å². The van der Waals surface area contributed by atoms with Crippen LogP contribution in [0.15, 0.2) is 18.2 Å². The number of nitrogens with zero attached hydrogens (tertiary/aromatic N) is 1. The molecule has 0 aliphatic heterocycles. The second-order valence-electron chi connectivity index (χ2n) is 4.73. The molecule has 0 radical (unpaired) electrons. The highest BCUT2D eigenvalue weighted by molar-refractivity contribution is 7.22. The Kier molecular flexibility index (Phi) is 6.24. The lowest BCUT2D eigenvalue weighted by Crippen LogP contribution is -2.06. The number of anilines is 1. The number of benzene rings is 1. The van der Waals surface area contributed by atoms with Crippen molar-refractivity contribution < 1.29 is 9.47 Å². The van der Waals surface area contributed by atoms with Gasteiger partial charge in [0.25, 0.3) is 0 Å². The van der Waals surface area contributed by atoms with Crippen LogP contribution in [0.1, 0.15) is 18.4 Å². The first-order chi connectivity index (χ1) is 9.79. The molecule has 1 aromatic carbocycles. The number of methoxy groups -OCH3 is 1. The first-order valence-electron chi connectivity index (χ1n) is 6.97. The first kappa shape index (κ1) is 15.2. The molecule has 1 N–H and O–H groups in total. The Morgan fingerprint density at radius 3 is 2.95 bits per heavy atom. The fraction of sp³-hybridized carbons (Fsp3) is 0.533. The molecule has 0 saturated carbocycles. The summed E-state index contributed by atoms with van der Waals surface area (Å²) in [4.78, 5) is 4.57. The zero-order valence-electron chi connectivity index (χ0n) is 12.1. The van der Waals surface area contributed by atoms with E-state index in [1.54, 1.807) is 18.4 Å². The van der Waals surface area contributed by atoms with Crippen LogP contribution < -0.4 is 5.32 Å². The summed E-state index contributed by atoms with van der Waals surface area (Å²) in [6.45, 7) is 5.19. The molecule has 20 heavy (non-hydrogen) atoms. The monoisotopic (exact) mass is 294 g/mol. The van der Waals surface area contributed by atoms with E-state index in [9.17, 15) is 0 Å². The Morgan fingerprint density at radius 1 is 1.20 bits per heavy atom. The summed E-state index contributed by atoms with van der Waals surface area (Å²) in [5, 5.41) is 4.39. The van der Waals surface area contributed by atoms with E-state index in [1.807, 2.05) is 0 Å². The van der Waals surface area contributed by atoms with E-state index in [-0.39, 0.29) is 0 Å².